The third-order valence-electron chi connectivity index (χ3n) is 4.61. The number of aldehydes is 1. The molecule has 3 aromatic heterocycles. The van der Waals surface area contributed by atoms with Crippen LogP contribution in [-0.2, 0) is 7.05 Å². The van der Waals surface area contributed by atoms with E-state index in [1.54, 1.807) is 32.4 Å². The van der Waals surface area contributed by atoms with E-state index in [0.29, 0.717) is 37.9 Å². The second kappa shape index (κ2) is 11.3. The topological polar surface area (TPSA) is 103 Å². The molecule has 0 bridgehead atoms. The average molecular weight is 501 g/mol. The molecule has 0 aliphatic carbocycles. The van der Waals surface area contributed by atoms with Crippen molar-refractivity contribution in [1.29, 1.82) is 0 Å². The van der Waals surface area contributed by atoms with Gasteiger partial charge in [0, 0.05) is 48.0 Å². The molecule has 1 aromatic carbocycles. The number of pyridine rings is 1. The van der Waals surface area contributed by atoms with Gasteiger partial charge in [-0.25, -0.2) is 19.9 Å². The number of hydrogen-bond donors (Lipinski definition) is 1. The first-order valence-corrected chi connectivity index (χ1v) is 12.5. The van der Waals surface area contributed by atoms with Crippen LogP contribution in [0, 0.1) is 0 Å². The second-order valence-corrected chi connectivity index (χ2v) is 8.52. The fraction of sp³-hybridized carbons (Fsp3) is 0.182. The minimum Gasteiger partial charge on any atom is -0.372 e. The van der Waals surface area contributed by atoms with Gasteiger partial charge in [-0.1, -0.05) is 53.3 Å². The molecule has 0 atom stereocenters. The first-order valence-electron chi connectivity index (χ1n) is 9.63. The Labute approximate surface area is 204 Å². The molecule has 4 rings (SSSR count). The van der Waals surface area contributed by atoms with E-state index < -0.39 is 0 Å². The number of rotatable bonds is 5. The molecule has 11 heteroatoms. The van der Waals surface area contributed by atoms with E-state index in [-0.39, 0.29) is 5.56 Å². The van der Waals surface area contributed by atoms with Gasteiger partial charge in [0.15, 0.2) is 16.6 Å². The van der Waals surface area contributed by atoms with Crippen molar-refractivity contribution in [3.8, 4) is 11.1 Å². The van der Waals surface area contributed by atoms with Gasteiger partial charge in [-0.2, -0.15) is 0 Å². The lowest BCUT2D eigenvalue weighted by Crippen LogP contribution is -2.20. The van der Waals surface area contributed by atoms with Gasteiger partial charge in [-0.05, 0) is 24.6 Å². The normalized spacial score (nSPS) is 10.5. The standard InChI is InChI=1S/C15H12ClN3OS.C7H9N3OS/c1-19-13-9(8-17-15(18-13)21-2)7-11(14(19)20)10-5-3-4-6-12(10)16;1-8-6-5(4-11)3-9-7(10-6)12-2/h3-8H,1-2H3;3-4H,1-2H3,(H,8,9,10). The van der Waals surface area contributed by atoms with E-state index in [9.17, 15) is 9.59 Å². The molecule has 0 unspecified atom stereocenters. The maximum Gasteiger partial charge on any atom is 0.259 e. The van der Waals surface area contributed by atoms with Crippen LogP contribution in [0.5, 0.6) is 0 Å². The molecule has 0 saturated carbocycles. The van der Waals surface area contributed by atoms with Gasteiger partial charge in [0.05, 0.1) is 5.56 Å². The zero-order chi connectivity index (χ0) is 24.0. The number of halogens is 1. The molecule has 8 nitrogen and oxygen atoms in total. The Bertz CT molecular complexity index is 1360. The van der Waals surface area contributed by atoms with Crippen LogP contribution in [0.4, 0.5) is 5.82 Å². The largest absolute Gasteiger partial charge is 0.372 e. The molecule has 1 N–H and O–H groups in total. The number of aromatic nitrogens is 5. The Hall–Kier alpha value is -2.95. The number of hydrogen-bond acceptors (Lipinski definition) is 9. The van der Waals surface area contributed by atoms with E-state index in [2.05, 4.69) is 25.3 Å². The Balaban J connectivity index is 0.000000218. The molecule has 0 radical (unpaired) electrons. The molecular weight excluding hydrogens is 480 g/mol. The summed E-state index contributed by atoms with van der Waals surface area (Å²) in [5, 5.41) is 5.49. The fourth-order valence-corrected chi connectivity index (χ4v) is 3.88. The van der Waals surface area contributed by atoms with Gasteiger partial charge < -0.3 is 5.32 Å². The molecule has 0 saturated heterocycles. The first kappa shape index (κ1) is 24.7. The summed E-state index contributed by atoms with van der Waals surface area (Å²) >= 11 is 9.08. The van der Waals surface area contributed by atoms with Crippen molar-refractivity contribution < 1.29 is 4.79 Å². The predicted octanol–water partition coefficient (Wildman–Crippen LogP) is 4.42. The number of thioether (sulfide) groups is 2. The first-order chi connectivity index (χ1) is 15.9. The van der Waals surface area contributed by atoms with Crippen LogP contribution in [0.2, 0.25) is 5.02 Å². The average Bonchev–Trinajstić information content (AvgIpc) is 2.86. The quantitative estimate of drug-likeness (QED) is 0.242. The van der Waals surface area contributed by atoms with Gasteiger partial charge in [0.2, 0.25) is 0 Å². The number of nitrogens with zero attached hydrogens (tertiary/aromatic N) is 5. The number of aryl methyl sites for hydroxylation is 1. The maximum atomic E-state index is 12.6. The zero-order valence-corrected chi connectivity index (χ0v) is 20.8. The van der Waals surface area contributed by atoms with Gasteiger partial charge in [0.25, 0.3) is 5.56 Å². The van der Waals surface area contributed by atoms with Crippen molar-refractivity contribution >= 4 is 58.3 Å². The Morgan fingerprint density at radius 2 is 1.70 bits per heavy atom. The van der Waals surface area contributed by atoms with Crippen molar-refractivity contribution in [3.05, 3.63) is 63.7 Å². The summed E-state index contributed by atoms with van der Waals surface area (Å²) in [6.07, 6.45) is 7.76. The summed E-state index contributed by atoms with van der Waals surface area (Å²) in [4.78, 5) is 39.7. The third-order valence-corrected chi connectivity index (χ3v) is 6.07. The molecule has 33 heavy (non-hydrogen) atoms. The minimum absolute atomic E-state index is 0.124. The summed E-state index contributed by atoms with van der Waals surface area (Å²) < 4.78 is 1.54. The zero-order valence-electron chi connectivity index (χ0n) is 18.4. The summed E-state index contributed by atoms with van der Waals surface area (Å²) in [7, 11) is 3.43. The van der Waals surface area contributed by atoms with Crippen LogP contribution >= 0.6 is 35.1 Å². The highest BCUT2D eigenvalue weighted by atomic mass is 35.5. The third kappa shape index (κ3) is 5.52. The number of carbonyl (C=O) groups excluding carboxylic acids is 1. The molecule has 0 amide bonds. The summed E-state index contributed by atoms with van der Waals surface area (Å²) in [6.45, 7) is 0. The van der Waals surface area contributed by atoms with Crippen LogP contribution in [0.25, 0.3) is 22.2 Å². The Morgan fingerprint density at radius 3 is 2.33 bits per heavy atom. The van der Waals surface area contributed by atoms with Crippen LogP contribution in [0.1, 0.15) is 10.4 Å². The number of anilines is 1. The van der Waals surface area contributed by atoms with Crippen LogP contribution in [0.15, 0.2) is 57.8 Å². The van der Waals surface area contributed by atoms with Crippen LogP contribution < -0.4 is 10.9 Å². The SMILES string of the molecule is CNc1nc(SC)ncc1C=O.CSc1ncc2cc(-c3ccccc3Cl)c(=O)n(C)c2n1. The van der Waals surface area contributed by atoms with Crippen LogP contribution in [-0.4, -0.2) is 50.3 Å². The molecule has 0 spiro atoms. The van der Waals surface area contributed by atoms with E-state index >= 15 is 0 Å². The highest BCUT2D eigenvalue weighted by Gasteiger charge is 2.13. The molecule has 0 aliphatic heterocycles. The lowest BCUT2D eigenvalue weighted by molar-refractivity contribution is 0.112. The van der Waals surface area contributed by atoms with Crippen molar-refractivity contribution in [1.82, 2.24) is 24.5 Å². The van der Waals surface area contributed by atoms with E-state index in [1.165, 1.54) is 34.3 Å². The smallest absolute Gasteiger partial charge is 0.259 e. The number of nitrogens with one attached hydrogen (secondary N) is 1. The Morgan fingerprint density at radius 1 is 1.03 bits per heavy atom. The lowest BCUT2D eigenvalue weighted by atomic mass is 10.1. The summed E-state index contributed by atoms with van der Waals surface area (Å²) in [5.74, 6) is 0.573. The highest BCUT2D eigenvalue weighted by molar-refractivity contribution is 7.98. The molecular formula is C22H21ClN6O2S2. The van der Waals surface area contributed by atoms with Crippen molar-refractivity contribution in [2.75, 3.05) is 24.9 Å². The lowest BCUT2D eigenvalue weighted by Gasteiger charge is -2.09. The number of carbonyl (C=O) groups is 1. The maximum absolute atomic E-state index is 12.6. The summed E-state index contributed by atoms with van der Waals surface area (Å²) in [5.41, 5.74) is 2.25. The highest BCUT2D eigenvalue weighted by Crippen LogP contribution is 2.27. The van der Waals surface area contributed by atoms with E-state index in [1.807, 2.05) is 30.7 Å². The molecule has 0 fully saturated rings. The van der Waals surface area contributed by atoms with Gasteiger partial charge >= 0.3 is 0 Å². The van der Waals surface area contributed by atoms with E-state index in [0.717, 1.165) is 17.2 Å². The summed E-state index contributed by atoms with van der Waals surface area (Å²) in [6, 6.07) is 9.10. The monoisotopic (exact) mass is 500 g/mol. The van der Waals surface area contributed by atoms with Gasteiger partial charge in [-0.15, -0.1) is 0 Å². The van der Waals surface area contributed by atoms with Gasteiger partial charge in [-0.3, -0.25) is 14.2 Å². The van der Waals surface area contributed by atoms with Crippen LogP contribution in [0.3, 0.4) is 0 Å². The predicted molar refractivity (Wildman–Crippen MR) is 136 cm³/mol. The number of benzene rings is 1. The van der Waals surface area contributed by atoms with Crippen molar-refractivity contribution in [2.45, 2.75) is 10.3 Å². The second-order valence-electron chi connectivity index (χ2n) is 6.57. The molecule has 170 valence electrons. The van der Waals surface area contributed by atoms with E-state index in [4.69, 9.17) is 11.6 Å². The van der Waals surface area contributed by atoms with Crippen molar-refractivity contribution in [3.63, 3.8) is 0 Å². The minimum atomic E-state index is -0.124. The van der Waals surface area contributed by atoms with Crippen molar-refractivity contribution in [2.24, 2.45) is 7.05 Å². The molecule has 3 heterocycles. The molecule has 0 aliphatic rings. The fourth-order valence-electron chi connectivity index (χ4n) is 2.96. The number of fused-ring (bicyclic) bond motifs is 1. The Kier molecular flexibility index (Phi) is 8.43. The van der Waals surface area contributed by atoms with Gasteiger partial charge in [0.1, 0.15) is 11.5 Å². The molecule has 4 aromatic rings.